The van der Waals surface area contributed by atoms with Crippen molar-refractivity contribution < 1.29 is 4.79 Å². The third-order valence-corrected chi connectivity index (χ3v) is 4.43. The molecular weight excluding hydrogens is 278 g/mol. The van der Waals surface area contributed by atoms with Crippen LogP contribution in [0.3, 0.4) is 0 Å². The molecule has 22 heavy (non-hydrogen) atoms. The Bertz CT molecular complexity index is 424. The Labute approximate surface area is 133 Å². The molecule has 1 aliphatic rings. The number of hydrogen-bond donors (Lipinski definition) is 2. The molecule has 0 unspecified atom stereocenters. The molecule has 0 spiro atoms. The second-order valence-corrected chi connectivity index (χ2v) is 6.49. The molecule has 124 valence electrons. The van der Waals surface area contributed by atoms with Crippen LogP contribution in [0.5, 0.6) is 0 Å². The number of likely N-dealkylation sites (tertiary alicyclic amines) is 1. The smallest absolute Gasteiger partial charge is 0.220 e. The molecule has 1 fully saturated rings. The van der Waals surface area contributed by atoms with Gasteiger partial charge in [0.1, 0.15) is 0 Å². The van der Waals surface area contributed by atoms with Crippen molar-refractivity contribution in [2.24, 2.45) is 0 Å². The van der Waals surface area contributed by atoms with Crippen LogP contribution in [-0.4, -0.2) is 51.4 Å². The SMILES string of the molecule is CC(C)N1CCC(NC(=O)CCCCCc2cn[nH]n2)CC1. The Morgan fingerprint density at radius 1 is 1.36 bits per heavy atom. The highest BCUT2D eigenvalue weighted by molar-refractivity contribution is 5.76. The van der Waals surface area contributed by atoms with Gasteiger partial charge in [0.2, 0.25) is 5.91 Å². The molecule has 2 N–H and O–H groups in total. The first-order valence-electron chi connectivity index (χ1n) is 8.53. The molecule has 0 aliphatic carbocycles. The summed E-state index contributed by atoms with van der Waals surface area (Å²) in [5.74, 6) is 0.212. The van der Waals surface area contributed by atoms with Gasteiger partial charge in [0, 0.05) is 31.6 Å². The van der Waals surface area contributed by atoms with Gasteiger partial charge in [-0.2, -0.15) is 15.4 Å². The quantitative estimate of drug-likeness (QED) is 0.719. The van der Waals surface area contributed by atoms with Crippen molar-refractivity contribution in [3.63, 3.8) is 0 Å². The number of aromatic amines is 1. The predicted octanol–water partition coefficient (Wildman–Crippen LogP) is 1.90. The van der Waals surface area contributed by atoms with Crippen LogP contribution in [0.1, 0.15) is 58.1 Å². The molecule has 0 atom stereocenters. The van der Waals surface area contributed by atoms with E-state index in [1.165, 1.54) is 0 Å². The third-order valence-electron chi connectivity index (χ3n) is 4.43. The average Bonchev–Trinajstić information content (AvgIpc) is 3.00. The number of aromatic nitrogens is 3. The lowest BCUT2D eigenvalue weighted by Crippen LogP contribution is -2.46. The topological polar surface area (TPSA) is 73.9 Å². The number of nitrogens with one attached hydrogen (secondary N) is 2. The van der Waals surface area contributed by atoms with E-state index in [4.69, 9.17) is 0 Å². The van der Waals surface area contributed by atoms with Crippen molar-refractivity contribution in [1.29, 1.82) is 0 Å². The molecular formula is C16H29N5O. The van der Waals surface area contributed by atoms with Crippen molar-refractivity contribution in [1.82, 2.24) is 25.6 Å². The van der Waals surface area contributed by atoms with Crippen LogP contribution in [0.2, 0.25) is 0 Å². The van der Waals surface area contributed by atoms with Crippen molar-refractivity contribution in [2.45, 2.75) is 70.9 Å². The number of hydrogen-bond acceptors (Lipinski definition) is 4. The number of amides is 1. The maximum Gasteiger partial charge on any atom is 0.220 e. The highest BCUT2D eigenvalue weighted by atomic mass is 16.1. The third kappa shape index (κ3) is 5.75. The molecule has 1 aliphatic heterocycles. The maximum absolute atomic E-state index is 12.0. The van der Waals surface area contributed by atoms with Gasteiger partial charge in [-0.3, -0.25) is 4.79 Å². The summed E-state index contributed by atoms with van der Waals surface area (Å²) in [7, 11) is 0. The molecule has 0 bridgehead atoms. The van der Waals surface area contributed by atoms with Gasteiger partial charge in [-0.15, -0.1) is 0 Å². The number of carbonyl (C=O) groups is 1. The highest BCUT2D eigenvalue weighted by Gasteiger charge is 2.21. The molecule has 1 aromatic rings. The summed E-state index contributed by atoms with van der Waals surface area (Å²) in [4.78, 5) is 14.4. The lowest BCUT2D eigenvalue weighted by Gasteiger charge is -2.34. The van der Waals surface area contributed by atoms with Crippen LogP contribution >= 0.6 is 0 Å². The van der Waals surface area contributed by atoms with Crippen molar-refractivity contribution >= 4 is 5.91 Å². The summed E-state index contributed by atoms with van der Waals surface area (Å²) >= 11 is 0. The molecule has 6 heteroatoms. The zero-order valence-corrected chi connectivity index (χ0v) is 13.8. The van der Waals surface area contributed by atoms with E-state index < -0.39 is 0 Å². The van der Waals surface area contributed by atoms with E-state index >= 15 is 0 Å². The minimum atomic E-state index is 0.212. The predicted molar refractivity (Wildman–Crippen MR) is 86.4 cm³/mol. The number of nitrogens with zero attached hydrogens (tertiary/aromatic N) is 3. The Morgan fingerprint density at radius 3 is 2.77 bits per heavy atom. The largest absolute Gasteiger partial charge is 0.353 e. The van der Waals surface area contributed by atoms with E-state index in [0.717, 1.165) is 57.3 Å². The van der Waals surface area contributed by atoms with Gasteiger partial charge in [0.05, 0.1) is 11.9 Å². The standard InChI is InChI=1S/C16H29N5O/c1-13(2)21-10-8-14(9-11-21)18-16(22)7-5-3-4-6-15-12-17-20-19-15/h12-14H,3-11H2,1-2H3,(H,18,22)(H,17,19,20). The summed E-state index contributed by atoms with van der Waals surface area (Å²) in [6, 6.07) is 0.985. The minimum Gasteiger partial charge on any atom is -0.353 e. The summed E-state index contributed by atoms with van der Waals surface area (Å²) < 4.78 is 0. The lowest BCUT2D eigenvalue weighted by molar-refractivity contribution is -0.122. The van der Waals surface area contributed by atoms with Gasteiger partial charge in [-0.05, 0) is 46.0 Å². The van der Waals surface area contributed by atoms with Gasteiger partial charge in [0.15, 0.2) is 0 Å². The second-order valence-electron chi connectivity index (χ2n) is 6.49. The molecule has 6 nitrogen and oxygen atoms in total. The summed E-state index contributed by atoms with van der Waals surface area (Å²) in [6.07, 6.45) is 8.57. The number of unbranched alkanes of at least 4 members (excludes halogenated alkanes) is 2. The summed E-state index contributed by atoms with van der Waals surface area (Å²) in [5, 5.41) is 13.6. The normalized spacial score (nSPS) is 17.0. The molecule has 1 saturated heterocycles. The van der Waals surface area contributed by atoms with Crippen LogP contribution in [-0.2, 0) is 11.2 Å². The first kappa shape index (κ1) is 16.9. The molecule has 2 heterocycles. The van der Waals surface area contributed by atoms with E-state index in [9.17, 15) is 4.79 Å². The average molecular weight is 307 g/mol. The zero-order chi connectivity index (χ0) is 15.8. The Balaban J connectivity index is 1.51. The molecule has 1 aromatic heterocycles. The molecule has 0 saturated carbocycles. The maximum atomic E-state index is 12.0. The van der Waals surface area contributed by atoms with Gasteiger partial charge in [0.25, 0.3) is 0 Å². The van der Waals surface area contributed by atoms with Crippen LogP contribution in [0.25, 0.3) is 0 Å². The van der Waals surface area contributed by atoms with E-state index in [-0.39, 0.29) is 5.91 Å². The van der Waals surface area contributed by atoms with Crippen LogP contribution in [0.4, 0.5) is 0 Å². The number of carbonyl (C=O) groups excluding carboxylic acids is 1. The van der Waals surface area contributed by atoms with Gasteiger partial charge >= 0.3 is 0 Å². The first-order chi connectivity index (χ1) is 10.6. The second kappa shape index (κ2) is 8.88. The summed E-state index contributed by atoms with van der Waals surface area (Å²) in [6.45, 7) is 6.66. The molecule has 2 rings (SSSR count). The summed E-state index contributed by atoms with van der Waals surface area (Å²) in [5.41, 5.74) is 1.00. The van der Waals surface area contributed by atoms with Crippen LogP contribution in [0.15, 0.2) is 6.20 Å². The lowest BCUT2D eigenvalue weighted by atomic mass is 10.0. The van der Waals surface area contributed by atoms with Crippen molar-refractivity contribution in [3.8, 4) is 0 Å². The fourth-order valence-corrected chi connectivity index (χ4v) is 2.97. The van der Waals surface area contributed by atoms with Crippen molar-refractivity contribution in [3.05, 3.63) is 11.9 Å². The van der Waals surface area contributed by atoms with Gasteiger partial charge < -0.3 is 10.2 Å². The number of piperidine rings is 1. The van der Waals surface area contributed by atoms with E-state index in [0.29, 0.717) is 18.5 Å². The van der Waals surface area contributed by atoms with E-state index in [1.54, 1.807) is 6.20 Å². The molecule has 0 aromatic carbocycles. The Morgan fingerprint density at radius 2 is 2.14 bits per heavy atom. The van der Waals surface area contributed by atoms with Crippen LogP contribution in [0, 0.1) is 0 Å². The van der Waals surface area contributed by atoms with E-state index in [2.05, 4.69) is 39.5 Å². The van der Waals surface area contributed by atoms with E-state index in [1.807, 2.05) is 0 Å². The van der Waals surface area contributed by atoms with Crippen molar-refractivity contribution in [2.75, 3.05) is 13.1 Å². The fraction of sp³-hybridized carbons (Fsp3) is 0.812. The number of aryl methyl sites for hydroxylation is 1. The number of rotatable bonds is 8. The van der Waals surface area contributed by atoms with Gasteiger partial charge in [-0.1, -0.05) is 6.42 Å². The highest BCUT2D eigenvalue weighted by Crippen LogP contribution is 2.13. The Hall–Kier alpha value is -1.43. The van der Waals surface area contributed by atoms with Gasteiger partial charge in [-0.25, -0.2) is 0 Å². The zero-order valence-electron chi connectivity index (χ0n) is 13.8. The first-order valence-corrected chi connectivity index (χ1v) is 8.53. The number of H-pyrrole nitrogens is 1. The fourth-order valence-electron chi connectivity index (χ4n) is 2.97. The monoisotopic (exact) mass is 307 g/mol. The van der Waals surface area contributed by atoms with Crippen LogP contribution < -0.4 is 5.32 Å². The minimum absolute atomic E-state index is 0.212. The molecule has 0 radical (unpaired) electrons. The Kier molecular flexibility index (Phi) is 6.83. The molecule has 1 amide bonds.